The van der Waals surface area contributed by atoms with E-state index >= 15 is 0 Å². The van der Waals surface area contributed by atoms with Crippen molar-refractivity contribution in [2.75, 3.05) is 22.1 Å². The number of pyridine rings is 1. The number of nitrogens with one attached hydrogen (secondary N) is 2. The van der Waals surface area contributed by atoms with Crippen molar-refractivity contribution in [3.8, 4) is 0 Å². The van der Waals surface area contributed by atoms with Crippen LogP contribution in [0.4, 0.5) is 22.7 Å². The molecule has 0 fully saturated rings. The number of amides is 1. The lowest BCUT2D eigenvalue weighted by molar-refractivity contribution is 0.102. The Labute approximate surface area is 174 Å². The summed E-state index contributed by atoms with van der Waals surface area (Å²) in [5, 5.41) is 8.85. The van der Waals surface area contributed by atoms with Crippen molar-refractivity contribution in [1.82, 2.24) is 4.98 Å². The first kappa shape index (κ1) is 17.9. The van der Waals surface area contributed by atoms with Crippen LogP contribution in [0.2, 0.25) is 0 Å². The molecule has 5 nitrogen and oxygen atoms in total. The number of rotatable bonds is 3. The van der Waals surface area contributed by atoms with Gasteiger partial charge in [-0.1, -0.05) is 30.3 Å². The fourth-order valence-electron chi connectivity index (χ4n) is 3.68. The van der Waals surface area contributed by atoms with Crippen LogP contribution in [0, 0.1) is 0 Å². The highest BCUT2D eigenvalue weighted by molar-refractivity contribution is 6.04. The summed E-state index contributed by atoms with van der Waals surface area (Å²) < 4.78 is 0. The number of aromatic nitrogens is 1. The number of anilines is 4. The molecule has 2 heterocycles. The zero-order chi connectivity index (χ0) is 20.3. The molecule has 0 saturated carbocycles. The highest BCUT2D eigenvalue weighted by Crippen LogP contribution is 2.39. The molecule has 2 N–H and O–H groups in total. The summed E-state index contributed by atoms with van der Waals surface area (Å²) in [5.74, 6) is -0.175. The maximum atomic E-state index is 12.4. The Morgan fingerprint density at radius 1 is 0.967 bits per heavy atom. The molecule has 3 aromatic carbocycles. The minimum atomic E-state index is -0.175. The Kier molecular flexibility index (Phi) is 4.62. The van der Waals surface area contributed by atoms with E-state index in [0.717, 1.165) is 29.3 Å². The van der Waals surface area contributed by atoms with Gasteiger partial charge in [-0.15, -0.1) is 0 Å². The van der Waals surface area contributed by atoms with Crippen molar-refractivity contribution in [3.63, 3.8) is 0 Å². The normalized spacial score (nSPS) is 12.7. The van der Waals surface area contributed by atoms with Gasteiger partial charge in [-0.2, -0.15) is 0 Å². The van der Waals surface area contributed by atoms with E-state index in [0.29, 0.717) is 5.56 Å². The van der Waals surface area contributed by atoms with E-state index in [4.69, 9.17) is 0 Å². The van der Waals surface area contributed by atoms with E-state index in [1.54, 1.807) is 24.5 Å². The van der Waals surface area contributed by atoms with Crippen LogP contribution in [0.5, 0.6) is 0 Å². The van der Waals surface area contributed by atoms with Crippen molar-refractivity contribution in [2.24, 2.45) is 0 Å². The van der Waals surface area contributed by atoms with Crippen LogP contribution < -0.4 is 15.5 Å². The van der Waals surface area contributed by atoms with Gasteiger partial charge < -0.3 is 15.5 Å². The fraction of sp³-hybridized carbons (Fsp3) is 0.0400. The predicted octanol–water partition coefficient (Wildman–Crippen LogP) is 5.56. The zero-order valence-electron chi connectivity index (χ0n) is 16.2. The number of carbonyl (C=O) groups excluding carboxylic acids is 1. The number of hydrogen-bond acceptors (Lipinski definition) is 4. The molecule has 1 aromatic heterocycles. The van der Waals surface area contributed by atoms with Gasteiger partial charge in [-0.3, -0.25) is 9.78 Å². The molecule has 1 aliphatic rings. The Balaban J connectivity index is 1.45. The van der Waals surface area contributed by atoms with Gasteiger partial charge >= 0.3 is 0 Å². The summed E-state index contributed by atoms with van der Waals surface area (Å²) in [4.78, 5) is 18.5. The SMILES string of the molecule is O=C(Nc1ccc(N2C=CCNc3c2ccc2ccccc32)cc1)c1cccnc1. The van der Waals surface area contributed by atoms with Crippen molar-refractivity contribution in [3.05, 3.63) is 103 Å². The number of nitrogens with zero attached hydrogens (tertiary/aromatic N) is 2. The quantitative estimate of drug-likeness (QED) is 0.479. The minimum absolute atomic E-state index is 0.175. The maximum absolute atomic E-state index is 12.4. The lowest BCUT2D eigenvalue weighted by atomic mass is 10.1. The van der Waals surface area contributed by atoms with Crippen LogP contribution >= 0.6 is 0 Å². The molecule has 0 radical (unpaired) electrons. The third-order valence-electron chi connectivity index (χ3n) is 5.14. The molecule has 1 aliphatic heterocycles. The summed E-state index contributed by atoms with van der Waals surface area (Å²) in [5.41, 5.74) is 4.50. The number of benzene rings is 3. The monoisotopic (exact) mass is 392 g/mol. The van der Waals surface area contributed by atoms with E-state index in [-0.39, 0.29) is 5.91 Å². The van der Waals surface area contributed by atoms with Gasteiger partial charge in [-0.25, -0.2) is 0 Å². The lowest BCUT2D eigenvalue weighted by Crippen LogP contribution is -2.12. The molecule has 5 rings (SSSR count). The minimum Gasteiger partial charge on any atom is -0.379 e. The van der Waals surface area contributed by atoms with E-state index in [1.807, 2.05) is 24.3 Å². The Hall–Kier alpha value is -4.12. The van der Waals surface area contributed by atoms with Crippen LogP contribution in [-0.4, -0.2) is 17.4 Å². The molecule has 0 unspecified atom stereocenters. The van der Waals surface area contributed by atoms with E-state index in [2.05, 4.69) is 69.2 Å². The number of carbonyl (C=O) groups is 1. The Bertz CT molecular complexity index is 1230. The molecule has 0 spiro atoms. The number of fused-ring (bicyclic) bond motifs is 3. The first-order valence-corrected chi connectivity index (χ1v) is 9.82. The predicted molar refractivity (Wildman–Crippen MR) is 122 cm³/mol. The smallest absolute Gasteiger partial charge is 0.257 e. The lowest BCUT2D eigenvalue weighted by Gasteiger charge is -2.23. The molecular weight excluding hydrogens is 372 g/mol. The first-order valence-electron chi connectivity index (χ1n) is 9.82. The van der Waals surface area contributed by atoms with Crippen molar-refractivity contribution in [2.45, 2.75) is 0 Å². The first-order chi connectivity index (χ1) is 14.8. The number of hydrogen-bond donors (Lipinski definition) is 2. The maximum Gasteiger partial charge on any atom is 0.257 e. The van der Waals surface area contributed by atoms with Crippen molar-refractivity contribution < 1.29 is 4.79 Å². The topological polar surface area (TPSA) is 57.3 Å². The molecule has 4 aromatic rings. The van der Waals surface area contributed by atoms with Crippen LogP contribution in [0.3, 0.4) is 0 Å². The van der Waals surface area contributed by atoms with Crippen LogP contribution in [0.15, 0.2) is 97.5 Å². The van der Waals surface area contributed by atoms with Crippen LogP contribution in [0.1, 0.15) is 10.4 Å². The average molecular weight is 392 g/mol. The van der Waals surface area contributed by atoms with E-state index in [9.17, 15) is 4.79 Å². The standard InChI is InChI=1S/C25H20N4O/c30-25(19-6-3-14-26-17-19)28-20-9-11-21(12-10-20)29-16-4-15-27-24-22-7-2-1-5-18(22)8-13-23(24)29/h1-14,16-17,27H,15H2,(H,28,30). The molecule has 5 heteroatoms. The highest BCUT2D eigenvalue weighted by atomic mass is 16.1. The third-order valence-corrected chi connectivity index (χ3v) is 5.14. The summed E-state index contributed by atoms with van der Waals surface area (Å²) in [6, 6.07) is 24.0. The largest absolute Gasteiger partial charge is 0.379 e. The molecule has 0 aliphatic carbocycles. The van der Waals surface area contributed by atoms with Crippen molar-refractivity contribution >= 4 is 39.4 Å². The van der Waals surface area contributed by atoms with Gasteiger partial charge in [0.1, 0.15) is 0 Å². The van der Waals surface area contributed by atoms with Gasteiger partial charge in [0.15, 0.2) is 0 Å². The average Bonchev–Trinajstić information content (AvgIpc) is 3.03. The summed E-state index contributed by atoms with van der Waals surface area (Å²) in [6.45, 7) is 0.761. The van der Waals surface area contributed by atoms with Crippen molar-refractivity contribution in [1.29, 1.82) is 0 Å². The molecule has 0 saturated heterocycles. The van der Waals surface area contributed by atoms with Gasteiger partial charge in [0.05, 0.1) is 16.9 Å². The summed E-state index contributed by atoms with van der Waals surface area (Å²) in [7, 11) is 0. The second-order valence-electron chi connectivity index (χ2n) is 7.06. The second kappa shape index (κ2) is 7.72. The summed E-state index contributed by atoms with van der Waals surface area (Å²) in [6.07, 6.45) is 7.39. The van der Waals surface area contributed by atoms with Gasteiger partial charge in [0.2, 0.25) is 0 Å². The van der Waals surface area contributed by atoms with E-state index < -0.39 is 0 Å². The summed E-state index contributed by atoms with van der Waals surface area (Å²) >= 11 is 0. The second-order valence-corrected chi connectivity index (χ2v) is 7.06. The zero-order valence-corrected chi connectivity index (χ0v) is 16.2. The molecule has 1 amide bonds. The Morgan fingerprint density at radius 3 is 2.67 bits per heavy atom. The van der Waals surface area contributed by atoms with Crippen LogP contribution in [-0.2, 0) is 0 Å². The fourth-order valence-corrected chi connectivity index (χ4v) is 3.68. The molecule has 30 heavy (non-hydrogen) atoms. The van der Waals surface area contributed by atoms with Gasteiger partial charge in [0, 0.05) is 41.9 Å². The van der Waals surface area contributed by atoms with Gasteiger partial charge in [0.25, 0.3) is 5.91 Å². The van der Waals surface area contributed by atoms with E-state index in [1.165, 1.54) is 10.8 Å². The molecule has 0 bridgehead atoms. The third kappa shape index (κ3) is 3.37. The highest BCUT2D eigenvalue weighted by Gasteiger charge is 2.16. The Morgan fingerprint density at radius 2 is 1.83 bits per heavy atom. The molecule has 146 valence electrons. The van der Waals surface area contributed by atoms with Gasteiger partial charge in [-0.05, 0) is 53.9 Å². The molecular formula is C25H20N4O. The van der Waals surface area contributed by atoms with Crippen LogP contribution in [0.25, 0.3) is 10.8 Å². The molecule has 0 atom stereocenters.